The Morgan fingerprint density at radius 2 is 1.75 bits per heavy atom. The molecule has 0 saturated heterocycles. The fourth-order valence-corrected chi connectivity index (χ4v) is 2.14. The van der Waals surface area contributed by atoms with Crippen molar-refractivity contribution in [1.29, 1.82) is 0 Å². The molecular formula is C18H28N2O4. The molecule has 0 heterocycles. The van der Waals surface area contributed by atoms with E-state index in [0.717, 1.165) is 5.75 Å². The summed E-state index contributed by atoms with van der Waals surface area (Å²) in [7, 11) is 0. The van der Waals surface area contributed by atoms with Crippen LogP contribution in [0.3, 0.4) is 0 Å². The number of amides is 1. The van der Waals surface area contributed by atoms with E-state index in [0.29, 0.717) is 19.1 Å². The first kappa shape index (κ1) is 20.0. The molecule has 0 radical (unpaired) electrons. The van der Waals surface area contributed by atoms with Crippen LogP contribution in [0.5, 0.6) is 5.75 Å². The Morgan fingerprint density at radius 1 is 1.12 bits per heavy atom. The molecule has 24 heavy (non-hydrogen) atoms. The smallest absolute Gasteiger partial charge is 0.317 e. The minimum Gasteiger partial charge on any atom is -0.492 e. The summed E-state index contributed by atoms with van der Waals surface area (Å²) in [6.07, 6.45) is 0. The molecule has 0 unspecified atom stereocenters. The van der Waals surface area contributed by atoms with Gasteiger partial charge in [-0.1, -0.05) is 26.0 Å². The van der Waals surface area contributed by atoms with Gasteiger partial charge in [0.05, 0.1) is 19.6 Å². The summed E-state index contributed by atoms with van der Waals surface area (Å²) in [6, 6.07) is 7.90. The van der Waals surface area contributed by atoms with Crippen molar-refractivity contribution in [1.82, 2.24) is 10.2 Å². The average molecular weight is 336 g/mol. The molecule has 1 rings (SSSR count). The second-order valence-corrected chi connectivity index (χ2v) is 6.31. The molecule has 1 aromatic rings. The van der Waals surface area contributed by atoms with Gasteiger partial charge in [-0.3, -0.25) is 14.5 Å². The van der Waals surface area contributed by atoms with E-state index in [1.807, 2.05) is 38.1 Å². The number of nitrogens with zero attached hydrogens (tertiary/aromatic N) is 1. The molecule has 0 aliphatic carbocycles. The lowest BCUT2D eigenvalue weighted by Crippen LogP contribution is -2.44. The van der Waals surface area contributed by atoms with Crippen molar-refractivity contribution in [3.8, 4) is 5.75 Å². The van der Waals surface area contributed by atoms with Gasteiger partial charge >= 0.3 is 5.97 Å². The first-order valence-corrected chi connectivity index (χ1v) is 8.25. The van der Waals surface area contributed by atoms with Gasteiger partial charge in [0.2, 0.25) is 5.91 Å². The Hall–Kier alpha value is -2.08. The minimum absolute atomic E-state index is 0.0115. The maximum absolute atomic E-state index is 11.9. The van der Waals surface area contributed by atoms with Crippen LogP contribution in [0.1, 0.15) is 39.2 Å². The quantitative estimate of drug-likeness (QED) is 0.640. The van der Waals surface area contributed by atoms with E-state index in [-0.39, 0.29) is 25.0 Å². The highest BCUT2D eigenvalue weighted by Gasteiger charge is 2.16. The molecule has 2 N–H and O–H groups in total. The lowest BCUT2D eigenvalue weighted by atomic mass is 10.0. The molecule has 6 nitrogen and oxygen atoms in total. The van der Waals surface area contributed by atoms with Gasteiger partial charge in [0.1, 0.15) is 12.4 Å². The van der Waals surface area contributed by atoms with E-state index >= 15 is 0 Å². The van der Waals surface area contributed by atoms with Gasteiger partial charge in [-0.25, -0.2) is 0 Å². The van der Waals surface area contributed by atoms with Crippen molar-refractivity contribution in [2.75, 3.05) is 26.2 Å². The normalized spacial score (nSPS) is 11.1. The third-order valence-electron chi connectivity index (χ3n) is 3.66. The van der Waals surface area contributed by atoms with Crippen LogP contribution in [0.2, 0.25) is 0 Å². The zero-order valence-corrected chi connectivity index (χ0v) is 14.9. The van der Waals surface area contributed by atoms with Gasteiger partial charge in [0, 0.05) is 6.04 Å². The predicted molar refractivity (Wildman–Crippen MR) is 93.4 cm³/mol. The number of aliphatic carboxylic acids is 1. The van der Waals surface area contributed by atoms with Crippen LogP contribution >= 0.6 is 0 Å². The zero-order valence-electron chi connectivity index (χ0n) is 14.9. The largest absolute Gasteiger partial charge is 0.492 e. The summed E-state index contributed by atoms with van der Waals surface area (Å²) in [4.78, 5) is 24.3. The van der Waals surface area contributed by atoms with Gasteiger partial charge in [-0.05, 0) is 37.5 Å². The highest BCUT2D eigenvalue weighted by atomic mass is 16.5. The van der Waals surface area contributed by atoms with Crippen molar-refractivity contribution < 1.29 is 19.4 Å². The van der Waals surface area contributed by atoms with Crippen LogP contribution < -0.4 is 10.1 Å². The number of carbonyl (C=O) groups excluding carboxylic acids is 1. The molecule has 0 spiro atoms. The monoisotopic (exact) mass is 336 g/mol. The maximum Gasteiger partial charge on any atom is 0.317 e. The molecule has 0 fully saturated rings. The Morgan fingerprint density at radius 3 is 2.25 bits per heavy atom. The summed E-state index contributed by atoms with van der Waals surface area (Å²) < 4.78 is 5.59. The molecule has 0 aromatic heterocycles. The fraction of sp³-hybridized carbons (Fsp3) is 0.556. The predicted octanol–water partition coefficient (Wildman–Crippen LogP) is 2.10. The second kappa shape index (κ2) is 9.93. The topological polar surface area (TPSA) is 78.9 Å². The zero-order chi connectivity index (χ0) is 18.1. The van der Waals surface area contributed by atoms with E-state index < -0.39 is 5.97 Å². The van der Waals surface area contributed by atoms with Crippen LogP contribution in [-0.4, -0.2) is 54.2 Å². The third-order valence-corrected chi connectivity index (χ3v) is 3.66. The van der Waals surface area contributed by atoms with Crippen LogP contribution in [0.15, 0.2) is 24.3 Å². The highest BCUT2D eigenvalue weighted by Crippen LogP contribution is 2.18. The number of carbonyl (C=O) groups is 2. The summed E-state index contributed by atoms with van der Waals surface area (Å²) in [6.45, 7) is 8.65. The van der Waals surface area contributed by atoms with E-state index in [1.54, 1.807) is 4.90 Å². The molecule has 0 aliphatic heterocycles. The summed E-state index contributed by atoms with van der Waals surface area (Å²) in [5, 5.41) is 11.6. The molecular weight excluding hydrogens is 308 g/mol. The highest BCUT2D eigenvalue weighted by molar-refractivity contribution is 5.79. The SMILES string of the molecule is CC(C)c1ccc(OCCNC(=O)CN(CC(=O)O)C(C)C)cc1. The number of nitrogens with one attached hydrogen (secondary N) is 1. The van der Waals surface area contributed by atoms with E-state index in [4.69, 9.17) is 9.84 Å². The number of ether oxygens (including phenoxy) is 1. The molecule has 0 atom stereocenters. The van der Waals surface area contributed by atoms with Gasteiger partial charge in [-0.15, -0.1) is 0 Å². The Labute approximate surface area is 143 Å². The Bertz CT molecular complexity index is 526. The number of hydrogen-bond donors (Lipinski definition) is 2. The lowest BCUT2D eigenvalue weighted by Gasteiger charge is -2.23. The van der Waals surface area contributed by atoms with Crippen LogP contribution in [0.25, 0.3) is 0 Å². The maximum atomic E-state index is 11.9. The second-order valence-electron chi connectivity index (χ2n) is 6.31. The average Bonchev–Trinajstić information content (AvgIpc) is 2.50. The van der Waals surface area contributed by atoms with Gasteiger partial charge < -0.3 is 15.2 Å². The Balaban J connectivity index is 2.31. The van der Waals surface area contributed by atoms with Gasteiger partial charge in [-0.2, -0.15) is 0 Å². The van der Waals surface area contributed by atoms with Crippen molar-refractivity contribution in [3.05, 3.63) is 29.8 Å². The lowest BCUT2D eigenvalue weighted by molar-refractivity contribution is -0.139. The molecule has 134 valence electrons. The van der Waals surface area contributed by atoms with Crippen molar-refractivity contribution in [2.24, 2.45) is 0 Å². The van der Waals surface area contributed by atoms with E-state index in [9.17, 15) is 9.59 Å². The summed E-state index contributed by atoms with van der Waals surface area (Å²) in [5.41, 5.74) is 1.25. The third kappa shape index (κ3) is 7.46. The molecule has 0 saturated carbocycles. The van der Waals surface area contributed by atoms with Crippen LogP contribution in [0.4, 0.5) is 0 Å². The Kier molecular flexibility index (Phi) is 8.26. The van der Waals surface area contributed by atoms with Gasteiger partial charge in [0.25, 0.3) is 0 Å². The molecule has 0 bridgehead atoms. The number of carboxylic acid groups (broad SMARTS) is 1. The van der Waals surface area contributed by atoms with E-state index in [2.05, 4.69) is 19.2 Å². The first-order valence-electron chi connectivity index (χ1n) is 8.25. The molecule has 0 aliphatic rings. The van der Waals surface area contributed by atoms with Crippen molar-refractivity contribution in [3.63, 3.8) is 0 Å². The van der Waals surface area contributed by atoms with E-state index in [1.165, 1.54) is 5.56 Å². The van der Waals surface area contributed by atoms with Gasteiger partial charge in [0.15, 0.2) is 0 Å². The first-order chi connectivity index (χ1) is 11.3. The number of hydrogen-bond acceptors (Lipinski definition) is 4. The molecule has 1 aromatic carbocycles. The van der Waals surface area contributed by atoms with Crippen LogP contribution in [-0.2, 0) is 9.59 Å². The number of carboxylic acids is 1. The fourth-order valence-electron chi connectivity index (χ4n) is 2.14. The molecule has 1 amide bonds. The molecule has 6 heteroatoms. The minimum atomic E-state index is -0.940. The number of rotatable bonds is 10. The number of benzene rings is 1. The van der Waals surface area contributed by atoms with Crippen molar-refractivity contribution in [2.45, 2.75) is 39.7 Å². The summed E-state index contributed by atoms with van der Waals surface area (Å²) >= 11 is 0. The summed E-state index contributed by atoms with van der Waals surface area (Å²) in [5.74, 6) is 0.102. The standard InChI is InChI=1S/C18H28N2O4/c1-13(2)15-5-7-16(8-6-15)24-10-9-19-17(21)11-20(14(3)4)12-18(22)23/h5-8,13-14H,9-12H2,1-4H3,(H,19,21)(H,22,23). The van der Waals surface area contributed by atoms with Crippen LogP contribution in [0, 0.1) is 0 Å². The van der Waals surface area contributed by atoms with Crippen molar-refractivity contribution >= 4 is 11.9 Å².